The number of benzene rings is 1. The van der Waals surface area contributed by atoms with Gasteiger partial charge in [0, 0.05) is 5.56 Å². The fourth-order valence-electron chi connectivity index (χ4n) is 9.82. The molecule has 4 bridgehead atoms. The predicted octanol–water partition coefficient (Wildman–Crippen LogP) is 8.53. The van der Waals surface area contributed by atoms with Crippen LogP contribution in [0.3, 0.4) is 0 Å². The van der Waals surface area contributed by atoms with Crippen molar-refractivity contribution < 1.29 is 8.23 Å². The SMILES string of the molecule is C#Cc1ccc([Si](C)(O[Si](C)(C)CC2CCC3CC2C3(C)C)O[Si](C)(C)CC2CCC3CC2C3(C)C)cc1. The lowest BCUT2D eigenvalue weighted by Gasteiger charge is -2.61. The van der Waals surface area contributed by atoms with Gasteiger partial charge in [-0.2, -0.15) is 0 Å². The van der Waals surface area contributed by atoms with Crippen molar-refractivity contribution in [1.82, 2.24) is 0 Å². The third-order valence-corrected chi connectivity index (χ3v) is 24.0. The fraction of sp³-hybridized carbons (Fsp3) is 0.758. The second kappa shape index (κ2) is 9.72. The van der Waals surface area contributed by atoms with Crippen LogP contribution in [0.4, 0.5) is 0 Å². The maximum absolute atomic E-state index is 7.46. The van der Waals surface area contributed by atoms with Crippen molar-refractivity contribution in [2.45, 2.75) is 111 Å². The van der Waals surface area contributed by atoms with Gasteiger partial charge < -0.3 is 8.23 Å². The fourth-order valence-corrected chi connectivity index (χ4v) is 24.7. The molecule has 6 aliphatic carbocycles. The lowest BCUT2D eigenvalue weighted by atomic mass is 9.46. The van der Waals surface area contributed by atoms with E-state index in [1.165, 1.54) is 55.8 Å². The summed E-state index contributed by atoms with van der Waals surface area (Å²) in [6.07, 6.45) is 14.2. The first-order chi connectivity index (χ1) is 17.6. The first-order valence-corrected chi connectivity index (χ1v) is 24.1. The largest absolute Gasteiger partial charge is 0.433 e. The van der Waals surface area contributed by atoms with Crippen molar-refractivity contribution in [1.29, 1.82) is 0 Å². The second-order valence-electron chi connectivity index (χ2n) is 16.2. The monoisotopic (exact) mass is 566 g/mol. The maximum atomic E-state index is 7.46. The normalized spacial score (nSPS) is 34.8. The van der Waals surface area contributed by atoms with Crippen molar-refractivity contribution in [3.63, 3.8) is 0 Å². The molecule has 1 aromatic carbocycles. The molecular weight excluding hydrogens is 513 g/mol. The summed E-state index contributed by atoms with van der Waals surface area (Å²) in [7, 11) is -6.58. The molecule has 0 aromatic heterocycles. The van der Waals surface area contributed by atoms with Gasteiger partial charge in [-0.05, 0) is 134 Å². The molecular formula is C33H54O2Si3. The Hall–Kier alpha value is -0.649. The molecule has 6 unspecified atom stereocenters. The van der Waals surface area contributed by atoms with Crippen molar-refractivity contribution in [3.8, 4) is 12.3 Å². The van der Waals surface area contributed by atoms with Gasteiger partial charge in [0.1, 0.15) is 0 Å². The van der Waals surface area contributed by atoms with Crippen LogP contribution in [0.25, 0.3) is 0 Å². The summed E-state index contributed by atoms with van der Waals surface area (Å²) < 4.78 is 14.9. The molecule has 0 radical (unpaired) electrons. The molecule has 0 spiro atoms. The van der Waals surface area contributed by atoms with Gasteiger partial charge in [-0.1, -0.05) is 58.6 Å². The van der Waals surface area contributed by atoms with E-state index in [1.807, 2.05) is 0 Å². The summed E-state index contributed by atoms with van der Waals surface area (Å²) in [5.41, 5.74) is 1.99. The van der Waals surface area contributed by atoms with E-state index in [2.05, 4.69) is 90.6 Å². The molecule has 5 heteroatoms. The van der Waals surface area contributed by atoms with Gasteiger partial charge in [-0.25, -0.2) is 0 Å². The highest BCUT2D eigenvalue weighted by molar-refractivity contribution is 6.94. The van der Waals surface area contributed by atoms with E-state index in [-0.39, 0.29) is 0 Å². The van der Waals surface area contributed by atoms with Crippen LogP contribution in [0.5, 0.6) is 0 Å². The van der Waals surface area contributed by atoms with Crippen LogP contribution in [0.15, 0.2) is 24.3 Å². The predicted molar refractivity (Wildman–Crippen MR) is 169 cm³/mol. The Morgan fingerprint density at radius 1 is 0.737 bits per heavy atom. The van der Waals surface area contributed by atoms with E-state index in [0.29, 0.717) is 10.8 Å². The molecule has 0 saturated heterocycles. The standard InChI is InChI=1S/C33H54O2Si3/c1-11-24-12-18-29(19-13-24)38(10,34-36(6,7)22-25-14-16-27-20-30(25)32(27,2)3)35-37(8,9)23-26-15-17-28-21-31(26)33(28,4)5/h1,12-13,18-19,25-28,30-31H,14-17,20-23H2,2-10H3. The quantitative estimate of drug-likeness (QED) is 0.220. The van der Waals surface area contributed by atoms with Crippen LogP contribution in [-0.2, 0) is 8.23 Å². The van der Waals surface area contributed by atoms with Gasteiger partial charge in [0.2, 0.25) is 0 Å². The van der Waals surface area contributed by atoms with Gasteiger partial charge in [0.05, 0.1) is 0 Å². The Morgan fingerprint density at radius 3 is 1.50 bits per heavy atom. The molecule has 0 amide bonds. The molecule has 38 heavy (non-hydrogen) atoms. The smallest absolute Gasteiger partial charge is 0.348 e. The molecule has 0 heterocycles. The third kappa shape index (κ3) is 5.22. The minimum absolute atomic E-state index is 0.527. The number of rotatable bonds is 9. The molecule has 6 fully saturated rings. The van der Waals surface area contributed by atoms with Crippen molar-refractivity contribution >= 4 is 30.4 Å². The molecule has 6 aliphatic rings. The summed E-state index contributed by atoms with van der Waals surface area (Å²) in [4.78, 5) is 0. The zero-order valence-corrected chi connectivity index (χ0v) is 28.8. The van der Waals surface area contributed by atoms with E-state index >= 15 is 0 Å². The number of hydrogen-bond acceptors (Lipinski definition) is 2. The van der Waals surface area contributed by atoms with E-state index in [9.17, 15) is 0 Å². The summed E-state index contributed by atoms with van der Waals surface area (Å²) >= 11 is 0. The average molecular weight is 567 g/mol. The Labute approximate surface area is 237 Å². The van der Waals surface area contributed by atoms with Crippen LogP contribution < -0.4 is 5.19 Å². The number of terminal acetylenes is 1. The molecule has 7 rings (SSSR count). The summed E-state index contributed by atoms with van der Waals surface area (Å²) in [5, 5.41) is 1.26. The third-order valence-electron chi connectivity index (χ3n) is 12.0. The highest BCUT2D eigenvalue weighted by Crippen LogP contribution is 2.63. The Balaban J connectivity index is 1.35. The van der Waals surface area contributed by atoms with Crippen LogP contribution in [0.2, 0.25) is 44.8 Å². The van der Waals surface area contributed by atoms with Crippen LogP contribution in [0, 0.1) is 58.7 Å². The molecule has 0 N–H and O–H groups in total. The minimum Gasteiger partial charge on any atom is -0.433 e. The lowest BCUT2D eigenvalue weighted by Crippen LogP contribution is -2.63. The topological polar surface area (TPSA) is 18.5 Å². The van der Waals surface area contributed by atoms with Crippen molar-refractivity contribution in [2.75, 3.05) is 0 Å². The second-order valence-corrected chi connectivity index (χ2v) is 28.2. The first-order valence-electron chi connectivity index (χ1n) is 15.5. The van der Waals surface area contributed by atoms with E-state index in [1.54, 1.807) is 0 Å². The Bertz CT molecular complexity index is 1010. The molecule has 210 valence electrons. The van der Waals surface area contributed by atoms with E-state index in [4.69, 9.17) is 14.7 Å². The van der Waals surface area contributed by atoms with Gasteiger partial charge in [0.25, 0.3) is 0 Å². The lowest BCUT2D eigenvalue weighted by molar-refractivity contribution is -0.0996. The van der Waals surface area contributed by atoms with Crippen LogP contribution >= 0.6 is 0 Å². The van der Waals surface area contributed by atoms with Crippen molar-refractivity contribution in [3.05, 3.63) is 29.8 Å². The number of hydrogen-bond donors (Lipinski definition) is 0. The average Bonchev–Trinajstić information content (AvgIpc) is 2.82. The minimum atomic E-state index is -2.64. The van der Waals surface area contributed by atoms with Crippen LogP contribution in [0.1, 0.15) is 71.8 Å². The van der Waals surface area contributed by atoms with E-state index < -0.39 is 25.2 Å². The summed E-state index contributed by atoms with van der Waals surface area (Å²) in [5.74, 6) is 8.10. The molecule has 2 nitrogen and oxygen atoms in total. The Morgan fingerprint density at radius 2 is 1.16 bits per heavy atom. The van der Waals surface area contributed by atoms with Gasteiger partial charge >= 0.3 is 8.56 Å². The first kappa shape index (κ1) is 28.9. The van der Waals surface area contributed by atoms with Gasteiger partial charge in [0.15, 0.2) is 16.6 Å². The zero-order chi connectivity index (χ0) is 27.7. The molecule has 1 aromatic rings. The molecule has 0 aliphatic heterocycles. The maximum Gasteiger partial charge on any atom is 0.348 e. The summed E-state index contributed by atoms with van der Waals surface area (Å²) in [6.45, 7) is 22.3. The molecule has 6 atom stereocenters. The molecule has 6 saturated carbocycles. The van der Waals surface area contributed by atoms with Gasteiger partial charge in [-0.15, -0.1) is 6.42 Å². The zero-order valence-electron chi connectivity index (χ0n) is 25.8. The Kier molecular flexibility index (Phi) is 7.39. The summed E-state index contributed by atoms with van der Waals surface area (Å²) in [6, 6.07) is 11.2. The van der Waals surface area contributed by atoms with Gasteiger partial charge in [-0.3, -0.25) is 0 Å². The van der Waals surface area contributed by atoms with E-state index in [0.717, 1.165) is 41.1 Å². The highest BCUT2D eigenvalue weighted by Gasteiger charge is 2.57. The van der Waals surface area contributed by atoms with Crippen molar-refractivity contribution in [2.24, 2.45) is 46.3 Å². The van der Waals surface area contributed by atoms with Crippen LogP contribution in [-0.4, -0.2) is 25.2 Å². The highest BCUT2D eigenvalue weighted by atomic mass is 28.5. The number of fused-ring (bicyclic) bond motifs is 4.